The molecule has 1 atom stereocenters. The van der Waals surface area contributed by atoms with Crippen LogP contribution < -0.4 is 5.73 Å². The average Bonchev–Trinajstić information content (AvgIpc) is 2.20. The summed E-state index contributed by atoms with van der Waals surface area (Å²) in [6, 6.07) is 0. The maximum absolute atomic E-state index is 10.9. The van der Waals surface area contributed by atoms with E-state index in [-0.39, 0.29) is 4.86 Å². The monoisotopic (exact) mass is 227 g/mol. The predicted octanol–water partition coefficient (Wildman–Crippen LogP) is -0.452. The van der Waals surface area contributed by atoms with E-state index in [9.17, 15) is 13.2 Å². The molecule has 2 N–H and O–H groups in total. The van der Waals surface area contributed by atoms with Crippen LogP contribution >= 0.6 is 0 Å². The molecular formula is C9H9NO4S. The summed E-state index contributed by atoms with van der Waals surface area (Å²) in [6.07, 6.45) is 4.13. The summed E-state index contributed by atoms with van der Waals surface area (Å²) in [5, 5.41) is 0. The fourth-order valence-corrected chi connectivity index (χ4v) is 1.55. The molecule has 0 aliphatic heterocycles. The van der Waals surface area contributed by atoms with Crippen LogP contribution in [0.5, 0.6) is 0 Å². The topological polar surface area (TPSA) is 86.5 Å². The second kappa shape index (κ2) is 4.61. The largest absolute Gasteiger partial charge is 0.449 e. The number of esters is 1. The van der Waals surface area contributed by atoms with E-state index >= 15 is 0 Å². The number of carbonyl (C=O) groups excluding carboxylic acids is 1. The molecule has 0 spiro atoms. The molecule has 0 aromatic carbocycles. The van der Waals surface area contributed by atoms with E-state index in [2.05, 4.69) is 6.58 Å². The molecule has 15 heavy (non-hydrogen) atoms. The Morgan fingerprint density at radius 3 is 2.80 bits per heavy atom. The Kier molecular flexibility index (Phi) is 3.46. The Morgan fingerprint density at radius 2 is 2.27 bits per heavy atom. The van der Waals surface area contributed by atoms with E-state index in [0.717, 1.165) is 6.08 Å². The van der Waals surface area contributed by atoms with Gasteiger partial charge < -0.3 is 10.5 Å². The first-order valence-electron chi connectivity index (χ1n) is 3.99. The van der Waals surface area contributed by atoms with Crippen molar-refractivity contribution in [2.24, 2.45) is 5.73 Å². The highest BCUT2D eigenvalue weighted by molar-refractivity contribution is 7.73. The van der Waals surface area contributed by atoms with Crippen LogP contribution in [0.4, 0.5) is 0 Å². The van der Waals surface area contributed by atoms with Gasteiger partial charge in [0.1, 0.15) is 4.86 Å². The van der Waals surface area contributed by atoms with Gasteiger partial charge in [-0.3, -0.25) is 0 Å². The molecule has 1 aliphatic rings. The molecule has 6 heteroatoms. The third-order valence-corrected chi connectivity index (χ3v) is 2.39. The molecule has 5 nitrogen and oxygen atoms in total. The molecule has 1 unspecified atom stereocenters. The molecule has 0 amide bonds. The Bertz CT molecular complexity index is 476. The lowest BCUT2D eigenvalue weighted by Gasteiger charge is -2.14. The zero-order valence-electron chi connectivity index (χ0n) is 7.71. The number of nitrogens with two attached hydrogens (primary N) is 1. The maximum Gasteiger partial charge on any atom is 0.331 e. The van der Waals surface area contributed by atoms with Crippen molar-refractivity contribution in [2.75, 3.05) is 0 Å². The van der Waals surface area contributed by atoms with E-state index in [1.165, 1.54) is 18.2 Å². The number of allylic oxidation sites excluding steroid dienone is 1. The summed E-state index contributed by atoms with van der Waals surface area (Å²) in [5.74, 6) is -0.693. The first kappa shape index (κ1) is 11.3. The van der Waals surface area contributed by atoms with Crippen LogP contribution in [0.15, 0.2) is 36.6 Å². The standard InChI is InChI=1S/C9H9NO4S/c1-2-9(11)14-7-4-3-6(10)5-8(7)15(12)13/h2-5,7H,1,10H2. The third kappa shape index (κ3) is 2.81. The second-order valence-corrected chi connectivity index (χ2v) is 3.64. The summed E-state index contributed by atoms with van der Waals surface area (Å²) in [4.78, 5) is 10.8. The van der Waals surface area contributed by atoms with Gasteiger partial charge in [-0.25, -0.2) is 4.79 Å². The minimum absolute atomic E-state index is 0.0785. The number of ether oxygens (including phenoxy) is 1. The lowest BCUT2D eigenvalue weighted by atomic mass is 10.1. The van der Waals surface area contributed by atoms with Crippen molar-refractivity contribution in [1.29, 1.82) is 0 Å². The third-order valence-electron chi connectivity index (χ3n) is 1.66. The minimum atomic E-state index is -2.47. The van der Waals surface area contributed by atoms with Gasteiger partial charge in [0.2, 0.25) is 10.3 Å². The first-order valence-corrected chi connectivity index (χ1v) is 5.06. The first-order chi connectivity index (χ1) is 7.04. The smallest absolute Gasteiger partial charge is 0.331 e. The van der Waals surface area contributed by atoms with Gasteiger partial charge in [-0.1, -0.05) is 6.58 Å². The second-order valence-electron chi connectivity index (χ2n) is 2.70. The van der Waals surface area contributed by atoms with Gasteiger partial charge in [0.25, 0.3) is 0 Å². The van der Waals surface area contributed by atoms with Gasteiger partial charge in [0.15, 0.2) is 6.10 Å². The zero-order chi connectivity index (χ0) is 11.4. The molecule has 0 radical (unpaired) electrons. The van der Waals surface area contributed by atoms with Crippen molar-refractivity contribution in [1.82, 2.24) is 0 Å². The van der Waals surface area contributed by atoms with Gasteiger partial charge in [-0.15, -0.1) is 0 Å². The molecule has 0 fully saturated rings. The minimum Gasteiger partial charge on any atom is -0.449 e. The average molecular weight is 227 g/mol. The van der Waals surface area contributed by atoms with Crippen molar-refractivity contribution < 1.29 is 17.9 Å². The fourth-order valence-electron chi connectivity index (χ4n) is 1.00. The molecule has 80 valence electrons. The van der Waals surface area contributed by atoms with E-state index in [1.807, 2.05) is 0 Å². The molecule has 0 aromatic heterocycles. The van der Waals surface area contributed by atoms with Crippen LogP contribution in [0.1, 0.15) is 0 Å². The molecule has 0 bridgehead atoms. The lowest BCUT2D eigenvalue weighted by molar-refractivity contribution is -0.138. The zero-order valence-corrected chi connectivity index (χ0v) is 8.53. The quantitative estimate of drug-likeness (QED) is 0.392. The van der Waals surface area contributed by atoms with Crippen LogP contribution in [0.3, 0.4) is 0 Å². The van der Waals surface area contributed by atoms with Gasteiger partial charge in [0, 0.05) is 11.8 Å². The molecule has 1 aliphatic carbocycles. The summed E-state index contributed by atoms with van der Waals surface area (Å²) in [6.45, 7) is 3.21. The summed E-state index contributed by atoms with van der Waals surface area (Å²) in [7, 11) is -2.47. The number of carbonyl (C=O) groups is 1. The highest BCUT2D eigenvalue weighted by Gasteiger charge is 2.19. The molecular weight excluding hydrogens is 218 g/mol. The molecule has 0 aromatic rings. The lowest BCUT2D eigenvalue weighted by Crippen LogP contribution is -2.27. The van der Waals surface area contributed by atoms with Gasteiger partial charge in [-0.2, -0.15) is 8.42 Å². The van der Waals surface area contributed by atoms with Crippen LogP contribution in [0.2, 0.25) is 0 Å². The van der Waals surface area contributed by atoms with Crippen molar-refractivity contribution >= 4 is 21.1 Å². The van der Waals surface area contributed by atoms with Crippen LogP contribution in [0.25, 0.3) is 0 Å². The van der Waals surface area contributed by atoms with Crippen LogP contribution in [-0.4, -0.2) is 25.4 Å². The number of hydrogen-bond donors (Lipinski definition) is 1. The van der Waals surface area contributed by atoms with Crippen molar-refractivity contribution in [3.63, 3.8) is 0 Å². The summed E-state index contributed by atoms with van der Waals surface area (Å²) < 4.78 is 26.4. The summed E-state index contributed by atoms with van der Waals surface area (Å²) >= 11 is 0. The molecule has 0 saturated carbocycles. The van der Waals surface area contributed by atoms with E-state index in [4.69, 9.17) is 10.5 Å². The SMILES string of the molecule is C=CC(=O)OC1C=CC(N)=CC1=S(=O)=O. The van der Waals surface area contributed by atoms with Crippen molar-refractivity contribution in [2.45, 2.75) is 6.10 Å². The highest BCUT2D eigenvalue weighted by atomic mass is 32.2. The Balaban J connectivity index is 3.02. The van der Waals surface area contributed by atoms with Crippen molar-refractivity contribution in [3.05, 3.63) is 36.6 Å². The van der Waals surface area contributed by atoms with Crippen molar-refractivity contribution in [3.8, 4) is 0 Å². The van der Waals surface area contributed by atoms with Gasteiger partial charge in [-0.05, 0) is 18.2 Å². The molecule has 0 saturated heterocycles. The Labute approximate surface area is 88.1 Å². The van der Waals surface area contributed by atoms with Gasteiger partial charge in [0.05, 0.1) is 0 Å². The van der Waals surface area contributed by atoms with E-state index in [1.54, 1.807) is 0 Å². The predicted molar refractivity (Wildman–Crippen MR) is 55.4 cm³/mol. The van der Waals surface area contributed by atoms with Crippen LogP contribution in [-0.2, 0) is 19.8 Å². The number of hydrogen-bond acceptors (Lipinski definition) is 5. The Hall–Kier alpha value is -1.82. The maximum atomic E-state index is 10.9. The molecule has 0 heterocycles. The van der Waals surface area contributed by atoms with Gasteiger partial charge >= 0.3 is 5.97 Å². The molecule has 1 rings (SSSR count). The fraction of sp³-hybridized carbons (Fsp3) is 0.111. The Morgan fingerprint density at radius 1 is 1.60 bits per heavy atom. The van der Waals surface area contributed by atoms with Crippen LogP contribution in [0, 0.1) is 0 Å². The van der Waals surface area contributed by atoms with E-state index in [0.29, 0.717) is 5.70 Å². The normalized spacial score (nSPS) is 19.3. The highest BCUT2D eigenvalue weighted by Crippen LogP contribution is 2.08. The number of rotatable bonds is 2. The van der Waals surface area contributed by atoms with E-state index < -0.39 is 22.4 Å². The summed E-state index contributed by atoms with van der Waals surface area (Å²) in [5.41, 5.74) is 5.70.